The number of halogens is 4. The number of amides is 5. The summed E-state index contributed by atoms with van der Waals surface area (Å²) in [4.78, 5) is 80.5. The number of carbonyl (C=O) groups excluding carboxylic acids is 5. The lowest BCUT2D eigenvalue weighted by Gasteiger charge is -2.39. The molecule has 1 aliphatic carbocycles. The number of allylic oxidation sites excluding steroid dienone is 1. The Bertz CT molecular complexity index is 4310. The third-order valence-corrected chi connectivity index (χ3v) is 25.3. The van der Waals surface area contributed by atoms with E-state index in [0.717, 1.165) is 83.3 Å². The molecule has 3 fully saturated rings. The molecule has 0 spiro atoms. The molecule has 10 rings (SSSR count). The van der Waals surface area contributed by atoms with Gasteiger partial charge >= 0.3 is 5.51 Å². The zero-order chi connectivity index (χ0) is 75.6. The van der Waals surface area contributed by atoms with Crippen LogP contribution in [-0.4, -0.2) is 172 Å². The van der Waals surface area contributed by atoms with Crippen molar-refractivity contribution in [3.8, 4) is 10.4 Å². The maximum Gasteiger partial charge on any atom is 0.501 e. The molecule has 6 N–H and O–H groups in total. The molecule has 4 heterocycles. The zero-order valence-electron chi connectivity index (χ0n) is 60.4. The predicted molar refractivity (Wildman–Crippen MR) is 407 cm³/mol. The number of nitrogens with one attached hydrogen (secondary N) is 5. The first kappa shape index (κ1) is 80.2. The summed E-state index contributed by atoms with van der Waals surface area (Å²) in [6, 6.07) is 30.5. The number of aromatic nitrogens is 1. The maximum atomic E-state index is 14.6. The first-order valence-corrected chi connectivity index (χ1v) is 41.0. The lowest BCUT2D eigenvalue weighted by Crippen LogP contribution is -2.57. The summed E-state index contributed by atoms with van der Waals surface area (Å²) >= 11 is 9.16. The third kappa shape index (κ3) is 21.3. The number of thiazole rings is 1. The van der Waals surface area contributed by atoms with Gasteiger partial charge in [0.05, 0.1) is 38.8 Å². The summed E-state index contributed by atoms with van der Waals surface area (Å²) in [7, 11) is -11.1. The van der Waals surface area contributed by atoms with Crippen LogP contribution in [-0.2, 0) is 39.0 Å². The van der Waals surface area contributed by atoms with Gasteiger partial charge in [0, 0.05) is 117 Å². The highest BCUT2D eigenvalue weighted by Crippen LogP contribution is 2.44. The van der Waals surface area contributed by atoms with Crippen LogP contribution < -0.4 is 30.9 Å². The van der Waals surface area contributed by atoms with Gasteiger partial charge in [0.15, 0.2) is 0 Å². The number of benzene rings is 5. The van der Waals surface area contributed by atoms with Gasteiger partial charge < -0.3 is 41.1 Å². The molecule has 4 aliphatic rings. The minimum absolute atomic E-state index is 0.0434. The number of carbonyl (C=O) groups is 5. The van der Waals surface area contributed by atoms with Crippen molar-refractivity contribution in [1.29, 1.82) is 0 Å². The van der Waals surface area contributed by atoms with E-state index in [4.69, 9.17) is 11.6 Å². The van der Waals surface area contributed by atoms with Crippen LogP contribution in [0.25, 0.3) is 16.0 Å². The Morgan fingerprint density at radius 2 is 1.48 bits per heavy atom. The summed E-state index contributed by atoms with van der Waals surface area (Å²) in [6.45, 7) is 19.1. The molecule has 0 bridgehead atoms. The van der Waals surface area contributed by atoms with Crippen LogP contribution in [0.4, 0.5) is 24.5 Å². The van der Waals surface area contributed by atoms with Crippen molar-refractivity contribution in [1.82, 2.24) is 40.4 Å². The summed E-state index contributed by atoms with van der Waals surface area (Å²) < 4.78 is 100. The van der Waals surface area contributed by atoms with E-state index in [1.54, 1.807) is 29.0 Å². The number of unbranched alkanes of at least 4 members (excludes halogenated alkanes) is 2. The number of hydrogen-bond donors (Lipinski definition) is 6. The molecular weight excluding hydrogens is 1450 g/mol. The highest BCUT2D eigenvalue weighted by molar-refractivity contribution is 7.99. The molecule has 0 saturated carbocycles. The normalized spacial score (nSPS) is 19.2. The van der Waals surface area contributed by atoms with Gasteiger partial charge in [0.1, 0.15) is 17.0 Å². The van der Waals surface area contributed by atoms with Crippen LogP contribution in [0.15, 0.2) is 147 Å². The van der Waals surface area contributed by atoms with Crippen molar-refractivity contribution >= 4 is 101 Å². The van der Waals surface area contributed by atoms with E-state index in [1.165, 1.54) is 45.5 Å². The molecule has 5 aromatic carbocycles. The Labute approximate surface area is 628 Å². The van der Waals surface area contributed by atoms with Gasteiger partial charge in [-0.05, 0) is 159 Å². The molecule has 3 aliphatic heterocycles. The van der Waals surface area contributed by atoms with Crippen LogP contribution in [0.3, 0.4) is 0 Å². The van der Waals surface area contributed by atoms with Gasteiger partial charge in [-0.25, -0.2) is 26.5 Å². The second kappa shape index (κ2) is 34.7. The molecule has 105 heavy (non-hydrogen) atoms. The summed E-state index contributed by atoms with van der Waals surface area (Å²) in [5.74, 6) is -2.24. The first-order chi connectivity index (χ1) is 49.7. The number of hydrogen-bond acceptors (Lipinski definition) is 17. The van der Waals surface area contributed by atoms with Gasteiger partial charge in [-0.1, -0.05) is 113 Å². The molecular formula is C77H96ClF3N10O10S4. The van der Waals surface area contributed by atoms with Gasteiger partial charge in [-0.3, -0.25) is 28.9 Å². The molecule has 3 saturated heterocycles. The minimum atomic E-state index is -6.19. The number of piperazine rings is 1. The van der Waals surface area contributed by atoms with E-state index >= 15 is 0 Å². The van der Waals surface area contributed by atoms with E-state index in [9.17, 15) is 59.1 Å². The Morgan fingerprint density at radius 3 is 2.13 bits per heavy atom. The molecule has 5 amide bonds. The fraction of sp³-hybridized carbons (Fsp3) is 0.481. The fourth-order valence-electron chi connectivity index (χ4n) is 14.1. The monoisotopic (exact) mass is 1540 g/mol. The molecule has 1 aromatic heterocycles. The number of aliphatic hydroxyl groups is 1. The summed E-state index contributed by atoms with van der Waals surface area (Å²) in [6.07, 6.45) is 4.82. The quantitative estimate of drug-likeness (QED) is 0.0188. The number of β-amino-alcohol motifs (C(OH)–C–C–N with tert-alkyl or cyclic N) is 1. The average molecular weight is 1540 g/mol. The second-order valence-electron chi connectivity index (χ2n) is 29.8. The van der Waals surface area contributed by atoms with Crippen LogP contribution in [0.2, 0.25) is 5.02 Å². The second-order valence-corrected chi connectivity index (χ2v) is 35.8. The van der Waals surface area contributed by atoms with Crippen molar-refractivity contribution < 1.29 is 59.1 Å². The number of alkyl halides is 3. The van der Waals surface area contributed by atoms with Gasteiger partial charge in [-0.15, -0.1) is 23.1 Å². The van der Waals surface area contributed by atoms with E-state index < -0.39 is 94.3 Å². The van der Waals surface area contributed by atoms with Crippen molar-refractivity contribution in [3.05, 3.63) is 160 Å². The largest absolute Gasteiger partial charge is 0.501 e. The van der Waals surface area contributed by atoms with E-state index in [-0.39, 0.29) is 60.4 Å². The van der Waals surface area contributed by atoms with Crippen molar-refractivity contribution in [2.45, 2.75) is 176 Å². The zero-order valence-corrected chi connectivity index (χ0v) is 64.5. The molecule has 20 nitrogen and oxygen atoms in total. The fourth-order valence-corrected chi connectivity index (χ4v) is 18.1. The number of sulfonamides is 1. The van der Waals surface area contributed by atoms with Crippen LogP contribution >= 0.6 is 34.7 Å². The standard InChI is InChI=1S/C77H96ClF3N10O10S4/c1-50(52-18-20-54(21-19-52)70-51(2)82-49-103-70)83-73(96)66-42-61(92)47-91(66)74(97)71(75(3,4)5)86-69(94)17-13-9-12-16-68(93)85-58-33-36-88(46-58)37-34-59(48-102-62-14-10-8-11-15-62)84-65-31-30-63(43-67(65)104(98,99)77(79,80)81)105(100,101)87-72(95)55-24-28-60(29-25-55)90-40-38-89(39-41-90)45-56-44-76(6,7)35-32-64(56)53-22-26-57(78)27-23-53/h8,10-11,14-15,18-31,43,49-50,58-59,61,66,71,84,92H,9,12-13,16-17,32-42,44-48H2,1-7H3,(H,83,96)(H,85,93)(H,86,94)(H,87,95)/t50-,58-,59+,61+,66-,71+/m0/s1. The molecule has 28 heteroatoms. The Morgan fingerprint density at radius 1 is 0.800 bits per heavy atom. The van der Waals surface area contributed by atoms with E-state index in [2.05, 4.69) is 66.9 Å². The minimum Gasteiger partial charge on any atom is -0.391 e. The number of anilines is 2. The summed E-state index contributed by atoms with van der Waals surface area (Å²) in [5, 5.41) is 23.5. The van der Waals surface area contributed by atoms with Crippen LogP contribution in [0.5, 0.6) is 0 Å². The Balaban J connectivity index is 0.689. The topological polar surface area (TPSA) is 260 Å². The lowest BCUT2D eigenvalue weighted by molar-refractivity contribution is -0.144. The van der Waals surface area contributed by atoms with Crippen molar-refractivity contribution in [2.24, 2.45) is 10.8 Å². The molecule has 566 valence electrons. The average Bonchev–Trinajstić information content (AvgIpc) is 1.41. The van der Waals surface area contributed by atoms with Crippen LogP contribution in [0.1, 0.15) is 145 Å². The Hall–Kier alpha value is -7.37. The van der Waals surface area contributed by atoms with Gasteiger partial charge in [0.2, 0.25) is 23.6 Å². The number of likely N-dealkylation sites (tertiary alicyclic amines) is 2. The Kier molecular flexibility index (Phi) is 26.5. The highest BCUT2D eigenvalue weighted by atomic mass is 35.5. The number of sulfone groups is 1. The predicted octanol–water partition coefficient (Wildman–Crippen LogP) is 12.4. The first-order valence-electron chi connectivity index (χ1n) is 35.8. The smallest absolute Gasteiger partial charge is 0.391 e. The third-order valence-electron chi connectivity index (χ3n) is 20.1. The molecule has 0 radical (unpaired) electrons. The lowest BCUT2D eigenvalue weighted by atomic mass is 9.73. The number of aliphatic hydroxyl groups excluding tert-OH is 1. The van der Waals surface area contributed by atoms with E-state index in [1.807, 2.05) is 106 Å². The van der Waals surface area contributed by atoms with Gasteiger partial charge in [0.25, 0.3) is 25.8 Å². The van der Waals surface area contributed by atoms with Crippen LogP contribution in [0, 0.1) is 17.8 Å². The maximum absolute atomic E-state index is 14.6. The molecule has 6 atom stereocenters. The van der Waals surface area contributed by atoms with Crippen molar-refractivity contribution in [3.63, 3.8) is 0 Å². The molecule has 6 aromatic rings. The number of aryl methyl sites for hydroxylation is 1. The SMILES string of the molecule is Cc1ncsc1-c1ccc([C@H](C)NC(=O)[C@@H]2C[C@@H](O)CN2C(=O)[C@@H](NC(=O)CCCCCC(=O)N[C@H]2CCN(CC[C@H](CSc3ccccc3)Nc3ccc(S(=O)(=O)NC(=O)c4ccc(N5CCN(CC6=C(c7ccc(Cl)cc7)CCC(C)(C)C6)CC5)cc4)cc3S(=O)(=O)C(F)(F)F)C2)C(C)(C)C)cc1. The number of thioether (sulfide) groups is 1. The number of rotatable bonds is 29. The van der Waals surface area contributed by atoms with E-state index in [0.29, 0.717) is 75.9 Å². The molecule has 0 unspecified atom stereocenters. The van der Waals surface area contributed by atoms with Crippen molar-refractivity contribution in [2.75, 3.05) is 74.9 Å². The highest BCUT2D eigenvalue weighted by Gasteiger charge is 2.49. The number of nitrogens with zero attached hydrogens (tertiary/aromatic N) is 5. The van der Waals surface area contributed by atoms with Gasteiger partial charge in [-0.2, -0.15) is 13.2 Å². The summed E-state index contributed by atoms with van der Waals surface area (Å²) in [5.41, 5.74) is 2.49.